The first-order valence-electron chi connectivity index (χ1n) is 2.00. The number of hydrogen-bond donors (Lipinski definition) is 0. The molecule has 0 nitrogen and oxygen atoms in total. The molecular formula is C4H9Li. The molecule has 1 aliphatic rings. The zero-order chi connectivity index (χ0) is 2.83. The van der Waals surface area contributed by atoms with Gasteiger partial charge in [-0.25, -0.2) is 0 Å². The van der Waals surface area contributed by atoms with Gasteiger partial charge in [0.25, 0.3) is 0 Å². The zero-order valence-corrected chi connectivity index (χ0v) is 3.83. The maximum Gasteiger partial charge on any atom is 1.00 e. The first-order valence-corrected chi connectivity index (χ1v) is 2.00. The topological polar surface area (TPSA) is 0 Å². The van der Waals surface area contributed by atoms with E-state index in [4.69, 9.17) is 0 Å². The third-order valence-corrected chi connectivity index (χ3v) is 1.000. The predicted octanol–water partition coefficient (Wildman–Crippen LogP) is -1.32. The fraction of sp³-hybridized carbons (Fsp3) is 1.00. The molecule has 0 aromatic rings. The van der Waals surface area contributed by atoms with Gasteiger partial charge in [-0.05, 0) is 0 Å². The van der Waals surface area contributed by atoms with Crippen molar-refractivity contribution >= 4 is 0 Å². The summed E-state index contributed by atoms with van der Waals surface area (Å²) < 4.78 is 0. The third-order valence-electron chi connectivity index (χ3n) is 1.000. The van der Waals surface area contributed by atoms with Crippen LogP contribution in [0.2, 0.25) is 0 Å². The molecule has 0 bridgehead atoms. The molecule has 0 aromatic carbocycles. The maximum absolute atomic E-state index is 1.50. The summed E-state index contributed by atoms with van der Waals surface area (Å²) in [6, 6.07) is 0. The second kappa shape index (κ2) is 2.81. The predicted molar refractivity (Wildman–Crippen MR) is 19.6 cm³/mol. The van der Waals surface area contributed by atoms with Crippen LogP contribution in [-0.4, -0.2) is 0 Å². The fourth-order valence-electron chi connectivity index (χ4n) is 0.250. The quantitative estimate of drug-likeness (QED) is 0.306. The van der Waals surface area contributed by atoms with Crippen molar-refractivity contribution in [3.8, 4) is 0 Å². The van der Waals surface area contributed by atoms with Crippen molar-refractivity contribution in [1.82, 2.24) is 0 Å². The van der Waals surface area contributed by atoms with Crippen LogP contribution in [0.15, 0.2) is 0 Å². The molecule has 0 amide bonds. The van der Waals surface area contributed by atoms with Gasteiger partial charge in [-0.2, -0.15) is 0 Å². The first-order chi connectivity index (χ1) is 2.00. The van der Waals surface area contributed by atoms with Crippen molar-refractivity contribution in [1.29, 1.82) is 0 Å². The molecule has 0 aliphatic heterocycles. The minimum Gasteiger partial charge on any atom is -1.00 e. The number of hydrogen-bond acceptors (Lipinski definition) is 0. The molecule has 0 saturated heterocycles. The largest absolute Gasteiger partial charge is 1.00 e. The molecule has 1 aliphatic carbocycles. The molecule has 0 spiro atoms. The van der Waals surface area contributed by atoms with Crippen molar-refractivity contribution in [2.75, 3.05) is 0 Å². The van der Waals surface area contributed by atoms with Gasteiger partial charge in [0.15, 0.2) is 0 Å². The summed E-state index contributed by atoms with van der Waals surface area (Å²) in [4.78, 5) is 0. The Labute approximate surface area is 46.6 Å². The maximum atomic E-state index is 1.50. The van der Waals surface area contributed by atoms with E-state index in [2.05, 4.69) is 0 Å². The van der Waals surface area contributed by atoms with Crippen LogP contribution >= 0.6 is 0 Å². The van der Waals surface area contributed by atoms with Crippen LogP contribution in [0.1, 0.15) is 27.1 Å². The SMILES string of the molecule is C1CCC1.[H-].[Li+]. The van der Waals surface area contributed by atoms with E-state index in [1.807, 2.05) is 0 Å². The molecule has 1 heteroatoms. The summed E-state index contributed by atoms with van der Waals surface area (Å²) >= 11 is 0. The van der Waals surface area contributed by atoms with Crippen molar-refractivity contribution in [3.05, 3.63) is 0 Å². The summed E-state index contributed by atoms with van der Waals surface area (Å²) in [6.45, 7) is 0. The molecule has 1 rings (SSSR count). The number of rotatable bonds is 0. The van der Waals surface area contributed by atoms with Crippen LogP contribution in [0.4, 0.5) is 0 Å². The van der Waals surface area contributed by atoms with E-state index in [1.165, 1.54) is 25.7 Å². The Kier molecular flexibility index (Phi) is 3.15. The summed E-state index contributed by atoms with van der Waals surface area (Å²) in [5.41, 5.74) is 0. The van der Waals surface area contributed by atoms with E-state index in [1.54, 1.807) is 0 Å². The minimum atomic E-state index is 0. The van der Waals surface area contributed by atoms with Crippen molar-refractivity contribution in [2.45, 2.75) is 25.7 Å². The standard InChI is InChI=1S/C4H8.Li.H/c1-2-4-3-1;;/h1-4H2;;/q;+1;-1. The van der Waals surface area contributed by atoms with Crippen molar-refractivity contribution in [3.63, 3.8) is 0 Å². The van der Waals surface area contributed by atoms with Crippen LogP contribution in [0.3, 0.4) is 0 Å². The molecule has 1 saturated carbocycles. The van der Waals surface area contributed by atoms with Crippen molar-refractivity contribution < 1.29 is 20.3 Å². The molecule has 0 N–H and O–H groups in total. The summed E-state index contributed by atoms with van der Waals surface area (Å²) in [5, 5.41) is 0. The van der Waals surface area contributed by atoms with Gasteiger partial charge in [0.05, 0.1) is 0 Å². The molecule has 0 radical (unpaired) electrons. The van der Waals surface area contributed by atoms with Crippen LogP contribution in [0.25, 0.3) is 0 Å². The normalized spacial score (nSPS) is 19.2. The summed E-state index contributed by atoms with van der Waals surface area (Å²) in [7, 11) is 0. The molecule has 0 heterocycles. The van der Waals surface area contributed by atoms with Gasteiger partial charge in [0, 0.05) is 0 Å². The second-order valence-electron chi connectivity index (χ2n) is 1.41. The van der Waals surface area contributed by atoms with E-state index in [0.29, 0.717) is 0 Å². The molecule has 0 unspecified atom stereocenters. The molecule has 26 valence electrons. The van der Waals surface area contributed by atoms with Gasteiger partial charge in [-0.3, -0.25) is 0 Å². The van der Waals surface area contributed by atoms with Crippen molar-refractivity contribution in [2.24, 2.45) is 0 Å². The Morgan fingerprint density at radius 3 is 1.00 bits per heavy atom. The first kappa shape index (κ1) is 5.60. The Morgan fingerprint density at radius 1 is 0.800 bits per heavy atom. The Balaban J connectivity index is 0. The van der Waals surface area contributed by atoms with E-state index >= 15 is 0 Å². The molecule has 0 atom stereocenters. The molecule has 5 heavy (non-hydrogen) atoms. The van der Waals surface area contributed by atoms with Crippen LogP contribution < -0.4 is 18.9 Å². The van der Waals surface area contributed by atoms with Gasteiger partial charge in [-0.1, -0.05) is 25.7 Å². The van der Waals surface area contributed by atoms with E-state index < -0.39 is 0 Å². The van der Waals surface area contributed by atoms with E-state index in [0.717, 1.165) is 0 Å². The van der Waals surface area contributed by atoms with E-state index in [9.17, 15) is 0 Å². The molecule has 1 fully saturated rings. The van der Waals surface area contributed by atoms with Crippen LogP contribution in [0.5, 0.6) is 0 Å². The Morgan fingerprint density at radius 2 is 1.00 bits per heavy atom. The van der Waals surface area contributed by atoms with Gasteiger partial charge < -0.3 is 1.43 Å². The van der Waals surface area contributed by atoms with Gasteiger partial charge in [0.2, 0.25) is 0 Å². The Hall–Kier alpha value is 0.597. The van der Waals surface area contributed by atoms with E-state index in [-0.39, 0.29) is 20.3 Å². The average Bonchev–Trinajstić information content (AvgIpc) is 0.722. The second-order valence-corrected chi connectivity index (χ2v) is 1.41. The summed E-state index contributed by atoms with van der Waals surface area (Å²) in [6.07, 6.45) is 6.00. The van der Waals surface area contributed by atoms with Crippen LogP contribution in [0, 0.1) is 0 Å². The van der Waals surface area contributed by atoms with Gasteiger partial charge >= 0.3 is 18.9 Å². The Bertz CT molecular complexity index is 15.5. The zero-order valence-electron chi connectivity index (χ0n) is 4.83. The molecule has 0 aromatic heterocycles. The fourth-order valence-corrected chi connectivity index (χ4v) is 0.250. The van der Waals surface area contributed by atoms with Gasteiger partial charge in [-0.15, -0.1) is 0 Å². The molecular weight excluding hydrogens is 55.0 g/mol. The summed E-state index contributed by atoms with van der Waals surface area (Å²) in [5.74, 6) is 0. The third kappa shape index (κ3) is 1.47. The minimum absolute atomic E-state index is 0. The average molecular weight is 64.1 g/mol. The monoisotopic (exact) mass is 64.1 g/mol. The van der Waals surface area contributed by atoms with Crippen LogP contribution in [-0.2, 0) is 0 Å². The smallest absolute Gasteiger partial charge is 1.00 e. The van der Waals surface area contributed by atoms with Gasteiger partial charge in [0.1, 0.15) is 0 Å².